The fourth-order valence-electron chi connectivity index (χ4n) is 2.89. The quantitative estimate of drug-likeness (QED) is 0.850. The number of amides is 2. The van der Waals surface area contributed by atoms with Gasteiger partial charge >= 0.3 is 11.8 Å². The van der Waals surface area contributed by atoms with E-state index in [0.717, 1.165) is 19.3 Å². The average molecular weight is 325 g/mol. The number of carbonyl (C=O) groups excluding carboxylic acids is 2. The van der Waals surface area contributed by atoms with Crippen LogP contribution in [-0.4, -0.2) is 35.9 Å². The normalized spacial score (nSPS) is 21.4. The summed E-state index contributed by atoms with van der Waals surface area (Å²) in [5, 5.41) is 3.06. The van der Waals surface area contributed by atoms with Gasteiger partial charge in [0.2, 0.25) is 0 Å². The van der Waals surface area contributed by atoms with Crippen LogP contribution in [0.15, 0.2) is 18.2 Å². The molecule has 0 radical (unpaired) electrons. The molecule has 0 spiro atoms. The Morgan fingerprint density at radius 1 is 1.27 bits per heavy atom. The van der Waals surface area contributed by atoms with Gasteiger partial charge < -0.3 is 15.0 Å². The Morgan fingerprint density at radius 3 is 2.50 bits per heavy atom. The number of nitrogens with zero attached hydrogens (tertiary/aromatic N) is 1. The van der Waals surface area contributed by atoms with Crippen molar-refractivity contribution in [3.05, 3.63) is 23.2 Å². The molecule has 1 aromatic rings. The lowest BCUT2D eigenvalue weighted by molar-refractivity contribution is -0.147. The van der Waals surface area contributed by atoms with Crippen molar-refractivity contribution in [3.8, 4) is 5.75 Å². The minimum atomic E-state index is -0.666. The predicted octanol–water partition coefficient (Wildman–Crippen LogP) is 3.08. The average Bonchev–Trinajstić information content (AvgIpc) is 2.47. The molecule has 1 N–H and O–H groups in total. The molecular formula is C16H21ClN2O3. The van der Waals surface area contributed by atoms with Crippen LogP contribution in [0, 0.1) is 0 Å². The molecule has 5 nitrogen and oxygen atoms in total. The lowest BCUT2D eigenvalue weighted by Crippen LogP contribution is -2.51. The van der Waals surface area contributed by atoms with Gasteiger partial charge in [-0.25, -0.2) is 0 Å². The van der Waals surface area contributed by atoms with Gasteiger partial charge in [0.25, 0.3) is 0 Å². The Morgan fingerprint density at radius 2 is 1.91 bits per heavy atom. The zero-order valence-corrected chi connectivity index (χ0v) is 13.8. The van der Waals surface area contributed by atoms with E-state index in [2.05, 4.69) is 5.32 Å². The van der Waals surface area contributed by atoms with Gasteiger partial charge in [-0.2, -0.15) is 0 Å². The summed E-state index contributed by atoms with van der Waals surface area (Å²) in [5.41, 5.74) is 0.394. The van der Waals surface area contributed by atoms with Crippen molar-refractivity contribution in [2.45, 2.75) is 45.2 Å². The third kappa shape index (κ3) is 3.53. The van der Waals surface area contributed by atoms with E-state index in [1.54, 1.807) is 23.1 Å². The van der Waals surface area contributed by atoms with E-state index in [9.17, 15) is 9.59 Å². The van der Waals surface area contributed by atoms with Gasteiger partial charge in [-0.15, -0.1) is 0 Å². The summed E-state index contributed by atoms with van der Waals surface area (Å²) in [4.78, 5) is 26.4. The second-order valence-corrected chi connectivity index (χ2v) is 6.08. The maximum absolute atomic E-state index is 12.4. The number of hydrogen-bond donors (Lipinski definition) is 1. The number of anilines is 1. The molecule has 2 unspecified atom stereocenters. The van der Waals surface area contributed by atoms with Crippen LogP contribution >= 0.6 is 11.6 Å². The minimum Gasteiger partial charge on any atom is -0.495 e. The highest BCUT2D eigenvalue weighted by molar-refractivity contribution is 6.40. The number of hydrogen-bond acceptors (Lipinski definition) is 3. The molecule has 1 aromatic carbocycles. The number of methoxy groups -OCH3 is 1. The molecule has 120 valence electrons. The lowest BCUT2D eigenvalue weighted by Gasteiger charge is -2.38. The Balaban J connectivity index is 2.15. The second kappa shape index (κ2) is 7.01. The standard InChI is InChI=1S/C16H21ClN2O3/c1-10-5-4-6-11(2)19(10)16(21)15(20)18-13-9-12(17)7-8-14(13)22-3/h7-11H,4-6H2,1-3H3,(H,18,20). The van der Waals surface area contributed by atoms with Crippen LogP contribution in [0.3, 0.4) is 0 Å². The highest BCUT2D eigenvalue weighted by Crippen LogP contribution is 2.28. The monoisotopic (exact) mass is 324 g/mol. The van der Waals surface area contributed by atoms with Crippen molar-refractivity contribution in [2.24, 2.45) is 0 Å². The fourth-order valence-corrected chi connectivity index (χ4v) is 3.06. The summed E-state index contributed by atoms with van der Waals surface area (Å²) in [6.45, 7) is 3.95. The molecule has 1 aliphatic heterocycles. The van der Waals surface area contributed by atoms with Gasteiger partial charge in [-0.05, 0) is 51.3 Å². The highest BCUT2D eigenvalue weighted by Gasteiger charge is 2.33. The fraction of sp³-hybridized carbons (Fsp3) is 0.500. The SMILES string of the molecule is COc1ccc(Cl)cc1NC(=O)C(=O)N1C(C)CCCC1C. The largest absolute Gasteiger partial charge is 0.495 e. The Kier molecular flexibility index (Phi) is 5.29. The zero-order valence-electron chi connectivity index (χ0n) is 13.1. The molecule has 1 heterocycles. The molecule has 0 saturated carbocycles. The van der Waals surface area contributed by atoms with Crippen molar-refractivity contribution >= 4 is 29.1 Å². The zero-order chi connectivity index (χ0) is 16.3. The number of nitrogens with one attached hydrogen (secondary N) is 1. The topological polar surface area (TPSA) is 58.6 Å². The summed E-state index contributed by atoms with van der Waals surface area (Å²) in [6, 6.07) is 5.02. The first-order valence-corrected chi connectivity index (χ1v) is 7.79. The Bertz CT molecular complexity index is 567. The summed E-state index contributed by atoms with van der Waals surface area (Å²) in [6.07, 6.45) is 2.92. The predicted molar refractivity (Wildman–Crippen MR) is 86.3 cm³/mol. The molecule has 0 aromatic heterocycles. The molecule has 1 fully saturated rings. The van der Waals surface area contributed by atoms with Gasteiger partial charge in [0.15, 0.2) is 0 Å². The van der Waals surface area contributed by atoms with E-state index in [0.29, 0.717) is 16.5 Å². The molecule has 1 saturated heterocycles. The summed E-state index contributed by atoms with van der Waals surface area (Å²) < 4.78 is 5.17. The first kappa shape index (κ1) is 16.6. The van der Waals surface area contributed by atoms with Crippen molar-refractivity contribution < 1.29 is 14.3 Å². The van der Waals surface area contributed by atoms with Crippen molar-refractivity contribution in [2.75, 3.05) is 12.4 Å². The van der Waals surface area contributed by atoms with Gasteiger partial charge in [0.1, 0.15) is 5.75 Å². The Hall–Kier alpha value is -1.75. The molecule has 1 aliphatic rings. The van der Waals surface area contributed by atoms with E-state index in [1.165, 1.54) is 7.11 Å². The first-order chi connectivity index (χ1) is 10.4. The third-order valence-electron chi connectivity index (χ3n) is 4.03. The maximum Gasteiger partial charge on any atom is 0.314 e. The summed E-state index contributed by atoms with van der Waals surface area (Å²) in [7, 11) is 1.50. The van der Waals surface area contributed by atoms with Gasteiger partial charge in [0, 0.05) is 17.1 Å². The van der Waals surface area contributed by atoms with Crippen molar-refractivity contribution in [1.82, 2.24) is 4.90 Å². The number of likely N-dealkylation sites (tertiary alicyclic amines) is 1. The molecule has 0 aliphatic carbocycles. The van der Waals surface area contributed by atoms with Crippen molar-refractivity contribution in [3.63, 3.8) is 0 Å². The summed E-state index contributed by atoms with van der Waals surface area (Å²) >= 11 is 5.93. The second-order valence-electron chi connectivity index (χ2n) is 5.64. The lowest BCUT2D eigenvalue weighted by atomic mass is 9.97. The highest BCUT2D eigenvalue weighted by atomic mass is 35.5. The van der Waals surface area contributed by atoms with Crippen LogP contribution < -0.4 is 10.1 Å². The number of piperidine rings is 1. The third-order valence-corrected chi connectivity index (χ3v) is 4.27. The molecule has 2 atom stereocenters. The summed E-state index contributed by atoms with van der Waals surface area (Å²) in [5.74, 6) is -0.715. The van der Waals surface area contributed by atoms with Crippen LogP contribution in [0.4, 0.5) is 5.69 Å². The Labute approximate surface area is 135 Å². The number of halogens is 1. The number of rotatable bonds is 2. The molecule has 0 bridgehead atoms. The number of carbonyl (C=O) groups is 2. The van der Waals surface area contributed by atoms with Gasteiger partial charge in [-0.3, -0.25) is 9.59 Å². The molecule has 6 heteroatoms. The molecule has 2 rings (SSSR count). The van der Waals surface area contributed by atoms with Crippen molar-refractivity contribution in [1.29, 1.82) is 0 Å². The van der Waals surface area contributed by atoms with Crippen LogP contribution in [-0.2, 0) is 9.59 Å². The molecular weight excluding hydrogens is 304 g/mol. The van der Waals surface area contributed by atoms with E-state index in [-0.39, 0.29) is 12.1 Å². The van der Waals surface area contributed by atoms with Crippen LogP contribution in [0.1, 0.15) is 33.1 Å². The van der Waals surface area contributed by atoms with E-state index in [1.807, 2.05) is 13.8 Å². The molecule has 2 amide bonds. The van der Waals surface area contributed by atoms with Gasteiger partial charge in [0.05, 0.1) is 12.8 Å². The van der Waals surface area contributed by atoms with Gasteiger partial charge in [-0.1, -0.05) is 11.6 Å². The van der Waals surface area contributed by atoms with E-state index in [4.69, 9.17) is 16.3 Å². The van der Waals surface area contributed by atoms with Crippen LogP contribution in [0.25, 0.3) is 0 Å². The number of benzene rings is 1. The molecule has 22 heavy (non-hydrogen) atoms. The van der Waals surface area contributed by atoms with Crippen LogP contribution in [0.5, 0.6) is 5.75 Å². The smallest absolute Gasteiger partial charge is 0.314 e. The number of ether oxygens (including phenoxy) is 1. The van der Waals surface area contributed by atoms with E-state index >= 15 is 0 Å². The van der Waals surface area contributed by atoms with E-state index < -0.39 is 11.8 Å². The first-order valence-electron chi connectivity index (χ1n) is 7.41. The minimum absolute atomic E-state index is 0.0725. The maximum atomic E-state index is 12.4. The van der Waals surface area contributed by atoms with Crippen LogP contribution in [0.2, 0.25) is 5.02 Å².